The van der Waals surface area contributed by atoms with Crippen molar-refractivity contribution in [2.24, 2.45) is 0 Å². The molecule has 1 N–H and O–H groups in total. The van der Waals surface area contributed by atoms with Crippen molar-refractivity contribution in [1.82, 2.24) is 14.5 Å². The number of H-pyrrole nitrogens is 1. The fraction of sp³-hybridized carbons (Fsp3) is 0.500. The Balaban J connectivity index is 2.35. The Morgan fingerprint density at radius 2 is 2.25 bits per heavy atom. The maximum Gasteiger partial charge on any atom is 0.330 e. The van der Waals surface area contributed by atoms with E-state index in [2.05, 4.69) is 4.98 Å². The molecule has 1 fully saturated rings. The molecule has 0 aliphatic carbocycles. The maximum atomic E-state index is 11.8. The number of aromatic nitrogens is 2. The minimum absolute atomic E-state index is 0.144. The SMILES string of the molecule is CC(=O)N1CCC(C=O)OC(n2ccc(=O)[nH]c2=O)C1. The lowest BCUT2D eigenvalue weighted by atomic mass is 10.2. The molecule has 8 nitrogen and oxygen atoms in total. The van der Waals surface area contributed by atoms with Crippen molar-refractivity contribution in [3.05, 3.63) is 33.1 Å². The Bertz CT molecular complexity index is 620. The first kappa shape index (κ1) is 14.2. The molecule has 1 saturated heterocycles. The molecule has 2 atom stereocenters. The highest BCUT2D eigenvalue weighted by Gasteiger charge is 2.27. The summed E-state index contributed by atoms with van der Waals surface area (Å²) in [5.74, 6) is -0.164. The van der Waals surface area contributed by atoms with Crippen LogP contribution in [0.25, 0.3) is 0 Å². The molecule has 2 heterocycles. The van der Waals surface area contributed by atoms with Gasteiger partial charge in [-0.25, -0.2) is 4.79 Å². The smallest absolute Gasteiger partial charge is 0.330 e. The van der Waals surface area contributed by atoms with E-state index in [0.29, 0.717) is 19.3 Å². The number of carbonyl (C=O) groups excluding carboxylic acids is 2. The lowest BCUT2D eigenvalue weighted by Crippen LogP contribution is -2.39. The number of hydrogen-bond donors (Lipinski definition) is 1. The van der Waals surface area contributed by atoms with Gasteiger partial charge in [0.05, 0.1) is 6.54 Å². The Kier molecular flexibility index (Phi) is 4.14. The van der Waals surface area contributed by atoms with Crippen LogP contribution in [0, 0.1) is 0 Å². The lowest BCUT2D eigenvalue weighted by Gasteiger charge is -2.24. The first-order valence-electron chi connectivity index (χ1n) is 6.19. The van der Waals surface area contributed by atoms with Gasteiger partial charge in [0.2, 0.25) is 5.91 Å². The Morgan fingerprint density at radius 3 is 2.85 bits per heavy atom. The van der Waals surface area contributed by atoms with Crippen LogP contribution < -0.4 is 11.2 Å². The predicted molar refractivity (Wildman–Crippen MR) is 68.2 cm³/mol. The second-order valence-corrected chi connectivity index (χ2v) is 4.54. The summed E-state index contributed by atoms with van der Waals surface area (Å²) in [6.45, 7) is 1.94. The molecule has 0 bridgehead atoms. The standard InChI is InChI=1S/C12H15N3O5/c1-8(17)14-4-2-9(7-16)20-11(6-14)15-5-3-10(18)13-12(15)19/h3,5,7,9,11H,2,4,6H2,1H3,(H,13,18,19). The van der Waals surface area contributed by atoms with E-state index in [-0.39, 0.29) is 12.5 Å². The number of aromatic amines is 1. The van der Waals surface area contributed by atoms with Gasteiger partial charge in [0.1, 0.15) is 12.4 Å². The molecule has 1 aliphatic heterocycles. The second-order valence-electron chi connectivity index (χ2n) is 4.54. The lowest BCUT2D eigenvalue weighted by molar-refractivity contribution is -0.131. The third-order valence-corrected chi connectivity index (χ3v) is 3.15. The van der Waals surface area contributed by atoms with E-state index in [9.17, 15) is 19.2 Å². The second kappa shape index (κ2) is 5.83. The summed E-state index contributed by atoms with van der Waals surface area (Å²) >= 11 is 0. The number of carbonyl (C=O) groups is 2. The average molecular weight is 281 g/mol. The summed E-state index contributed by atoms with van der Waals surface area (Å²) in [4.78, 5) is 48.9. The topological polar surface area (TPSA) is 101 Å². The predicted octanol–water partition coefficient (Wildman–Crippen LogP) is -1.13. The van der Waals surface area contributed by atoms with Crippen LogP contribution in [0.3, 0.4) is 0 Å². The highest BCUT2D eigenvalue weighted by molar-refractivity contribution is 5.73. The van der Waals surface area contributed by atoms with Crippen LogP contribution in [0.4, 0.5) is 0 Å². The van der Waals surface area contributed by atoms with Crippen molar-refractivity contribution in [3.63, 3.8) is 0 Å². The van der Waals surface area contributed by atoms with Crippen LogP contribution in [0.2, 0.25) is 0 Å². The zero-order valence-corrected chi connectivity index (χ0v) is 10.9. The molecule has 20 heavy (non-hydrogen) atoms. The van der Waals surface area contributed by atoms with Gasteiger partial charge in [-0.2, -0.15) is 0 Å². The molecular weight excluding hydrogens is 266 g/mol. The van der Waals surface area contributed by atoms with Crippen LogP contribution in [-0.2, 0) is 14.3 Å². The molecule has 1 aromatic heterocycles. The first-order valence-corrected chi connectivity index (χ1v) is 6.19. The largest absolute Gasteiger partial charge is 0.345 e. The van der Waals surface area contributed by atoms with Gasteiger partial charge in [-0.05, 0) is 6.42 Å². The van der Waals surface area contributed by atoms with Crippen LogP contribution in [0.1, 0.15) is 19.6 Å². The highest BCUT2D eigenvalue weighted by atomic mass is 16.5. The van der Waals surface area contributed by atoms with Crippen LogP contribution in [0.5, 0.6) is 0 Å². The quantitative estimate of drug-likeness (QED) is 0.691. The first-order chi connectivity index (χ1) is 9.51. The average Bonchev–Trinajstić information content (AvgIpc) is 2.61. The minimum Gasteiger partial charge on any atom is -0.345 e. The molecule has 1 aliphatic rings. The van der Waals surface area contributed by atoms with E-state index in [1.807, 2.05) is 0 Å². The van der Waals surface area contributed by atoms with Crippen LogP contribution >= 0.6 is 0 Å². The fourth-order valence-electron chi connectivity index (χ4n) is 2.07. The molecule has 1 aromatic rings. The molecule has 0 spiro atoms. The van der Waals surface area contributed by atoms with Gasteiger partial charge < -0.3 is 14.4 Å². The van der Waals surface area contributed by atoms with Crippen LogP contribution in [-0.4, -0.2) is 45.8 Å². The van der Waals surface area contributed by atoms with Gasteiger partial charge in [0.15, 0.2) is 6.23 Å². The van der Waals surface area contributed by atoms with Gasteiger partial charge in [-0.1, -0.05) is 0 Å². The normalized spacial score (nSPS) is 23.1. The van der Waals surface area contributed by atoms with Gasteiger partial charge in [-0.15, -0.1) is 0 Å². The molecule has 2 rings (SSSR count). The van der Waals surface area contributed by atoms with E-state index in [1.54, 1.807) is 0 Å². The molecule has 8 heteroatoms. The Morgan fingerprint density at radius 1 is 1.50 bits per heavy atom. The molecule has 0 radical (unpaired) electrons. The van der Waals surface area contributed by atoms with E-state index in [1.165, 1.54) is 28.7 Å². The zero-order valence-electron chi connectivity index (χ0n) is 10.9. The molecule has 108 valence electrons. The fourth-order valence-corrected chi connectivity index (χ4v) is 2.07. The van der Waals surface area contributed by atoms with E-state index < -0.39 is 23.6 Å². The van der Waals surface area contributed by atoms with E-state index in [4.69, 9.17) is 4.74 Å². The summed E-state index contributed by atoms with van der Waals surface area (Å²) in [5, 5.41) is 0. The van der Waals surface area contributed by atoms with Gasteiger partial charge in [0, 0.05) is 25.7 Å². The number of ether oxygens (including phenoxy) is 1. The zero-order chi connectivity index (χ0) is 14.7. The monoisotopic (exact) mass is 281 g/mol. The summed E-state index contributed by atoms with van der Waals surface area (Å²) < 4.78 is 6.69. The Labute approximate surface area is 114 Å². The number of nitrogens with zero attached hydrogens (tertiary/aromatic N) is 2. The number of rotatable bonds is 2. The maximum absolute atomic E-state index is 11.8. The van der Waals surface area contributed by atoms with Crippen molar-refractivity contribution in [2.75, 3.05) is 13.1 Å². The number of aldehydes is 1. The van der Waals surface area contributed by atoms with Crippen molar-refractivity contribution < 1.29 is 14.3 Å². The van der Waals surface area contributed by atoms with Crippen molar-refractivity contribution >= 4 is 12.2 Å². The summed E-state index contributed by atoms with van der Waals surface area (Å²) in [7, 11) is 0. The van der Waals surface area contributed by atoms with Crippen molar-refractivity contribution in [3.8, 4) is 0 Å². The third-order valence-electron chi connectivity index (χ3n) is 3.15. The van der Waals surface area contributed by atoms with Crippen LogP contribution in [0.15, 0.2) is 21.9 Å². The summed E-state index contributed by atoms with van der Waals surface area (Å²) in [5.41, 5.74) is -1.16. The number of hydrogen-bond acceptors (Lipinski definition) is 5. The number of nitrogens with one attached hydrogen (secondary N) is 1. The van der Waals surface area contributed by atoms with Gasteiger partial charge in [0.25, 0.3) is 5.56 Å². The van der Waals surface area contributed by atoms with Crippen molar-refractivity contribution in [2.45, 2.75) is 25.7 Å². The molecule has 1 amide bonds. The summed E-state index contributed by atoms with van der Waals surface area (Å²) in [6.07, 6.45) is 0.812. The molecule has 0 aromatic carbocycles. The van der Waals surface area contributed by atoms with E-state index >= 15 is 0 Å². The summed E-state index contributed by atoms with van der Waals surface area (Å²) in [6, 6.07) is 1.18. The minimum atomic E-state index is -0.805. The molecule has 2 unspecified atom stereocenters. The molecule has 0 saturated carbocycles. The van der Waals surface area contributed by atoms with E-state index in [0.717, 1.165) is 0 Å². The van der Waals surface area contributed by atoms with Crippen molar-refractivity contribution in [1.29, 1.82) is 0 Å². The number of amides is 1. The molecular formula is C12H15N3O5. The highest BCUT2D eigenvalue weighted by Crippen LogP contribution is 2.17. The van der Waals surface area contributed by atoms with Gasteiger partial charge in [-0.3, -0.25) is 19.1 Å². The Hall–Kier alpha value is -2.22. The van der Waals surface area contributed by atoms with Gasteiger partial charge >= 0.3 is 5.69 Å². The third kappa shape index (κ3) is 3.02.